The van der Waals surface area contributed by atoms with Gasteiger partial charge in [-0.1, -0.05) is 12.1 Å². The van der Waals surface area contributed by atoms with Crippen LogP contribution in [0.25, 0.3) is 0 Å². The highest BCUT2D eigenvalue weighted by atomic mass is 16.7. The topological polar surface area (TPSA) is 44.8 Å². The average Bonchev–Trinajstić information content (AvgIpc) is 2.73. The van der Waals surface area contributed by atoms with Crippen LogP contribution in [0.15, 0.2) is 24.3 Å². The zero-order valence-corrected chi connectivity index (χ0v) is 9.85. The summed E-state index contributed by atoms with van der Waals surface area (Å²) in [5, 5.41) is 0. The second kappa shape index (κ2) is 5.68. The predicted octanol–water partition coefficient (Wildman–Crippen LogP) is 1.92. The highest BCUT2D eigenvalue weighted by Crippen LogP contribution is 2.21. The van der Waals surface area contributed by atoms with E-state index in [1.807, 2.05) is 24.3 Å². The number of esters is 1. The van der Waals surface area contributed by atoms with Crippen molar-refractivity contribution in [3.05, 3.63) is 29.8 Å². The zero-order valence-electron chi connectivity index (χ0n) is 9.85. The molecule has 1 aromatic carbocycles. The fourth-order valence-electron chi connectivity index (χ4n) is 1.88. The molecule has 17 heavy (non-hydrogen) atoms. The first-order valence-corrected chi connectivity index (χ1v) is 5.68. The van der Waals surface area contributed by atoms with Gasteiger partial charge in [0, 0.05) is 20.0 Å². The molecular formula is C13H16O4. The van der Waals surface area contributed by atoms with Crippen molar-refractivity contribution in [3.8, 4) is 5.75 Å². The average molecular weight is 236 g/mol. The van der Waals surface area contributed by atoms with Crippen LogP contribution in [0.2, 0.25) is 0 Å². The maximum absolute atomic E-state index is 11.0. The quantitative estimate of drug-likeness (QED) is 0.578. The Morgan fingerprint density at radius 1 is 1.47 bits per heavy atom. The Morgan fingerprint density at radius 3 is 3.06 bits per heavy atom. The van der Waals surface area contributed by atoms with Gasteiger partial charge in [-0.3, -0.25) is 4.79 Å². The van der Waals surface area contributed by atoms with Crippen molar-refractivity contribution in [3.63, 3.8) is 0 Å². The van der Waals surface area contributed by atoms with Crippen molar-refractivity contribution in [2.24, 2.45) is 0 Å². The van der Waals surface area contributed by atoms with Crippen molar-refractivity contribution in [1.82, 2.24) is 0 Å². The third kappa shape index (κ3) is 3.46. The number of hydrogen-bond donors (Lipinski definition) is 0. The van der Waals surface area contributed by atoms with Crippen LogP contribution >= 0.6 is 0 Å². The molecule has 0 unspecified atom stereocenters. The van der Waals surface area contributed by atoms with Gasteiger partial charge in [-0.2, -0.15) is 0 Å². The largest absolute Gasteiger partial charge is 0.468 e. The van der Waals surface area contributed by atoms with Gasteiger partial charge < -0.3 is 14.2 Å². The van der Waals surface area contributed by atoms with E-state index in [2.05, 4.69) is 0 Å². The minimum atomic E-state index is -0.0956. The van der Waals surface area contributed by atoms with Crippen molar-refractivity contribution < 1.29 is 19.0 Å². The predicted molar refractivity (Wildman–Crippen MR) is 61.8 cm³/mol. The van der Waals surface area contributed by atoms with Crippen LogP contribution in [0.4, 0.5) is 0 Å². The van der Waals surface area contributed by atoms with Gasteiger partial charge in [0.1, 0.15) is 11.9 Å². The molecule has 0 N–H and O–H groups in total. The Morgan fingerprint density at radius 2 is 2.35 bits per heavy atom. The summed E-state index contributed by atoms with van der Waals surface area (Å²) in [6, 6.07) is 7.76. The van der Waals surface area contributed by atoms with Gasteiger partial charge in [-0.15, -0.1) is 0 Å². The molecule has 2 rings (SSSR count). The summed E-state index contributed by atoms with van der Waals surface area (Å²) in [6.07, 6.45) is 2.10. The Kier molecular flexibility index (Phi) is 3.98. The Labute approximate surface area is 100 Å². The fourth-order valence-corrected chi connectivity index (χ4v) is 1.88. The van der Waals surface area contributed by atoms with Gasteiger partial charge in [0.2, 0.25) is 0 Å². The molecule has 0 saturated carbocycles. The third-order valence-electron chi connectivity index (χ3n) is 2.67. The summed E-state index contributed by atoms with van der Waals surface area (Å²) in [5.74, 6) is 0.676. The van der Waals surface area contributed by atoms with E-state index in [1.165, 1.54) is 0 Å². The van der Waals surface area contributed by atoms with Crippen LogP contribution < -0.4 is 4.74 Å². The van der Waals surface area contributed by atoms with Crippen LogP contribution in [0.3, 0.4) is 0 Å². The lowest BCUT2D eigenvalue weighted by molar-refractivity contribution is -0.141. The van der Waals surface area contributed by atoms with Gasteiger partial charge in [0.25, 0.3) is 0 Å². The monoisotopic (exact) mass is 236 g/mol. The number of carbonyl (C=O) groups excluding carboxylic acids is 1. The number of methoxy groups -OCH3 is 1. The summed E-state index contributed by atoms with van der Waals surface area (Å²) >= 11 is 0. The number of benzene rings is 1. The van der Waals surface area contributed by atoms with Crippen LogP contribution in [0.5, 0.6) is 5.75 Å². The van der Waals surface area contributed by atoms with Gasteiger partial charge >= 0.3 is 5.97 Å². The first-order valence-electron chi connectivity index (χ1n) is 5.68. The smallest absolute Gasteiger partial charge is 0.306 e. The van der Waals surface area contributed by atoms with Crippen molar-refractivity contribution in [1.29, 1.82) is 0 Å². The molecule has 0 aliphatic carbocycles. The van der Waals surface area contributed by atoms with Crippen LogP contribution in [-0.4, -0.2) is 26.0 Å². The molecule has 0 aromatic heterocycles. The molecular weight excluding hydrogens is 220 g/mol. The molecule has 1 aliphatic rings. The second-order valence-electron chi connectivity index (χ2n) is 4.05. The summed E-state index contributed by atoms with van der Waals surface area (Å²) in [6.45, 7) is 0.238. The summed E-state index contributed by atoms with van der Waals surface area (Å²) in [7, 11) is 1.59. The first-order chi connectivity index (χ1) is 8.28. The molecule has 4 nitrogen and oxygen atoms in total. The molecule has 0 bridgehead atoms. The molecule has 4 heteroatoms. The van der Waals surface area contributed by atoms with E-state index in [0.717, 1.165) is 24.2 Å². The molecule has 1 aromatic rings. The second-order valence-corrected chi connectivity index (χ2v) is 4.05. The Hall–Kier alpha value is -1.55. The molecule has 1 aliphatic heterocycles. The molecule has 1 saturated heterocycles. The van der Waals surface area contributed by atoms with E-state index in [4.69, 9.17) is 14.2 Å². The molecule has 1 atom stereocenters. The molecule has 92 valence electrons. The standard InChI is InChI=1S/C13H16O4/c1-15-9-16-11-4-2-3-10(7-11)8-12-5-6-13(14)17-12/h2-4,7,12H,5-6,8-9H2,1H3/t12-/m1/s1. The number of ether oxygens (including phenoxy) is 3. The SMILES string of the molecule is COCOc1cccc(C[C@H]2CCC(=O)O2)c1. The van der Waals surface area contributed by atoms with E-state index < -0.39 is 0 Å². The minimum Gasteiger partial charge on any atom is -0.468 e. The van der Waals surface area contributed by atoms with Gasteiger partial charge in [-0.05, 0) is 24.1 Å². The number of hydrogen-bond acceptors (Lipinski definition) is 4. The minimum absolute atomic E-state index is 0.0141. The van der Waals surface area contributed by atoms with E-state index in [1.54, 1.807) is 7.11 Å². The normalized spacial score (nSPS) is 19.1. The lowest BCUT2D eigenvalue weighted by Crippen LogP contribution is -2.10. The Bertz CT molecular complexity index is 389. The van der Waals surface area contributed by atoms with E-state index in [0.29, 0.717) is 6.42 Å². The van der Waals surface area contributed by atoms with Crippen molar-refractivity contribution in [2.45, 2.75) is 25.4 Å². The van der Waals surface area contributed by atoms with Crippen molar-refractivity contribution in [2.75, 3.05) is 13.9 Å². The highest BCUT2D eigenvalue weighted by molar-refractivity contribution is 5.71. The van der Waals surface area contributed by atoms with Gasteiger partial charge in [0.15, 0.2) is 6.79 Å². The number of rotatable bonds is 5. The summed E-state index contributed by atoms with van der Waals surface area (Å²) < 4.78 is 15.4. The van der Waals surface area contributed by atoms with E-state index in [9.17, 15) is 4.79 Å². The zero-order chi connectivity index (χ0) is 12.1. The highest BCUT2D eigenvalue weighted by Gasteiger charge is 2.23. The molecule has 0 radical (unpaired) electrons. The fraction of sp³-hybridized carbons (Fsp3) is 0.462. The van der Waals surface area contributed by atoms with Crippen molar-refractivity contribution >= 4 is 5.97 Å². The number of carbonyl (C=O) groups is 1. The molecule has 0 amide bonds. The van der Waals surface area contributed by atoms with Gasteiger partial charge in [-0.25, -0.2) is 0 Å². The maximum atomic E-state index is 11.0. The van der Waals surface area contributed by atoms with Crippen LogP contribution in [0, 0.1) is 0 Å². The lowest BCUT2D eigenvalue weighted by Gasteiger charge is -2.10. The van der Waals surface area contributed by atoms with E-state index in [-0.39, 0.29) is 18.9 Å². The summed E-state index contributed by atoms with van der Waals surface area (Å²) in [4.78, 5) is 11.0. The summed E-state index contributed by atoms with van der Waals surface area (Å²) in [5.41, 5.74) is 1.11. The van der Waals surface area contributed by atoms with E-state index >= 15 is 0 Å². The molecule has 0 spiro atoms. The van der Waals surface area contributed by atoms with Crippen LogP contribution in [-0.2, 0) is 20.7 Å². The molecule has 1 fully saturated rings. The third-order valence-corrected chi connectivity index (χ3v) is 2.67. The lowest BCUT2D eigenvalue weighted by atomic mass is 10.1. The first kappa shape index (κ1) is 11.9. The molecule has 1 heterocycles. The maximum Gasteiger partial charge on any atom is 0.306 e. The number of cyclic esters (lactones) is 1. The Balaban J connectivity index is 1.93. The van der Waals surface area contributed by atoms with Gasteiger partial charge in [0.05, 0.1) is 0 Å². The van der Waals surface area contributed by atoms with Crippen LogP contribution in [0.1, 0.15) is 18.4 Å².